The molecule has 0 aliphatic heterocycles. The van der Waals surface area contributed by atoms with Gasteiger partial charge in [-0.25, -0.2) is 0 Å². The zero-order chi connectivity index (χ0) is 16.7. The van der Waals surface area contributed by atoms with Gasteiger partial charge in [0.1, 0.15) is 0 Å². The molecule has 3 N–H and O–H groups in total. The SMILES string of the molecule is CNC(=O)c1cccc(NC(=O)CCNC(=O)c2ccco2)c1. The van der Waals surface area contributed by atoms with Gasteiger partial charge in [0.05, 0.1) is 6.26 Å². The molecule has 0 unspecified atom stereocenters. The fourth-order valence-electron chi connectivity index (χ4n) is 1.89. The van der Waals surface area contributed by atoms with Crippen LogP contribution in [0.4, 0.5) is 5.69 Å². The van der Waals surface area contributed by atoms with Crippen LogP contribution in [-0.2, 0) is 4.79 Å². The van der Waals surface area contributed by atoms with Crippen LogP contribution in [0.5, 0.6) is 0 Å². The smallest absolute Gasteiger partial charge is 0.286 e. The Hall–Kier alpha value is -3.09. The quantitative estimate of drug-likeness (QED) is 0.750. The van der Waals surface area contributed by atoms with E-state index in [2.05, 4.69) is 16.0 Å². The molecule has 0 saturated carbocycles. The lowest BCUT2D eigenvalue weighted by atomic mass is 10.2. The van der Waals surface area contributed by atoms with Gasteiger partial charge in [-0.15, -0.1) is 0 Å². The third-order valence-corrected chi connectivity index (χ3v) is 3.02. The number of anilines is 1. The van der Waals surface area contributed by atoms with Gasteiger partial charge in [-0.3, -0.25) is 14.4 Å². The van der Waals surface area contributed by atoms with Crippen LogP contribution in [0.25, 0.3) is 0 Å². The fraction of sp³-hybridized carbons (Fsp3) is 0.188. The van der Waals surface area contributed by atoms with Gasteiger partial charge in [-0.2, -0.15) is 0 Å². The maximum Gasteiger partial charge on any atom is 0.286 e. The van der Waals surface area contributed by atoms with Crippen LogP contribution in [0.3, 0.4) is 0 Å². The molecular formula is C16H17N3O4. The molecule has 2 rings (SSSR count). The maximum absolute atomic E-state index is 11.8. The summed E-state index contributed by atoms with van der Waals surface area (Å²) in [6.07, 6.45) is 1.51. The van der Waals surface area contributed by atoms with E-state index in [0.717, 1.165) is 0 Å². The van der Waals surface area contributed by atoms with Crippen molar-refractivity contribution >= 4 is 23.4 Å². The number of hydrogen-bond acceptors (Lipinski definition) is 4. The molecule has 1 aromatic carbocycles. The predicted octanol–water partition coefficient (Wildman–Crippen LogP) is 1.40. The Kier molecular flexibility index (Phi) is 5.51. The van der Waals surface area contributed by atoms with E-state index in [1.807, 2.05) is 0 Å². The molecule has 0 fully saturated rings. The van der Waals surface area contributed by atoms with Crippen LogP contribution in [0.1, 0.15) is 27.3 Å². The minimum absolute atomic E-state index is 0.108. The molecule has 0 saturated heterocycles. The van der Waals surface area contributed by atoms with Crippen molar-refractivity contribution in [3.05, 3.63) is 54.0 Å². The molecule has 0 bridgehead atoms. The minimum Gasteiger partial charge on any atom is -0.459 e. The highest BCUT2D eigenvalue weighted by Gasteiger charge is 2.09. The molecule has 120 valence electrons. The third kappa shape index (κ3) is 4.70. The Morgan fingerprint density at radius 1 is 1.09 bits per heavy atom. The first-order valence-corrected chi connectivity index (χ1v) is 7.04. The number of carbonyl (C=O) groups excluding carboxylic acids is 3. The van der Waals surface area contributed by atoms with Crippen molar-refractivity contribution in [3.63, 3.8) is 0 Å². The zero-order valence-corrected chi connectivity index (χ0v) is 12.6. The molecule has 0 atom stereocenters. The van der Waals surface area contributed by atoms with Crippen molar-refractivity contribution in [2.45, 2.75) is 6.42 Å². The van der Waals surface area contributed by atoms with Gasteiger partial charge < -0.3 is 20.4 Å². The summed E-state index contributed by atoms with van der Waals surface area (Å²) in [5.41, 5.74) is 0.977. The van der Waals surface area contributed by atoms with Gasteiger partial charge >= 0.3 is 0 Å². The van der Waals surface area contributed by atoms with Crippen LogP contribution in [0, 0.1) is 0 Å². The minimum atomic E-state index is -0.371. The first-order valence-electron chi connectivity index (χ1n) is 7.04. The van der Waals surface area contributed by atoms with Gasteiger partial charge in [0, 0.05) is 31.3 Å². The standard InChI is InChI=1S/C16H17N3O4/c1-17-15(21)11-4-2-5-12(10-11)19-14(20)7-8-18-16(22)13-6-3-9-23-13/h2-6,9-10H,7-8H2,1H3,(H,17,21)(H,18,22)(H,19,20). The summed E-state index contributed by atoms with van der Waals surface area (Å²) < 4.78 is 4.94. The second kappa shape index (κ2) is 7.79. The molecule has 7 nitrogen and oxygen atoms in total. The van der Waals surface area contributed by atoms with Crippen molar-refractivity contribution in [3.8, 4) is 0 Å². The number of nitrogens with one attached hydrogen (secondary N) is 3. The van der Waals surface area contributed by atoms with E-state index < -0.39 is 0 Å². The largest absolute Gasteiger partial charge is 0.459 e. The lowest BCUT2D eigenvalue weighted by Gasteiger charge is -2.07. The van der Waals surface area contributed by atoms with Gasteiger partial charge in [0.2, 0.25) is 5.91 Å². The lowest BCUT2D eigenvalue weighted by molar-refractivity contribution is -0.116. The Morgan fingerprint density at radius 2 is 1.91 bits per heavy atom. The van der Waals surface area contributed by atoms with Crippen LogP contribution < -0.4 is 16.0 Å². The monoisotopic (exact) mass is 315 g/mol. The van der Waals surface area contributed by atoms with E-state index in [4.69, 9.17) is 4.42 Å². The molecule has 1 aromatic heterocycles. The summed E-state index contributed by atoms with van der Waals surface area (Å²) in [4.78, 5) is 35.0. The van der Waals surface area contributed by atoms with Crippen molar-refractivity contribution in [1.29, 1.82) is 0 Å². The Morgan fingerprint density at radius 3 is 2.61 bits per heavy atom. The Labute approximate surface area is 133 Å². The summed E-state index contributed by atoms with van der Waals surface area (Å²) in [6, 6.07) is 9.75. The summed E-state index contributed by atoms with van der Waals surface area (Å²) in [5.74, 6) is -0.668. The molecule has 3 amide bonds. The maximum atomic E-state index is 11.8. The molecule has 0 radical (unpaired) electrons. The number of carbonyl (C=O) groups is 3. The average molecular weight is 315 g/mol. The molecule has 0 aliphatic rings. The third-order valence-electron chi connectivity index (χ3n) is 3.02. The number of rotatable bonds is 6. The highest BCUT2D eigenvalue weighted by Crippen LogP contribution is 2.10. The number of furan rings is 1. The van der Waals surface area contributed by atoms with Crippen LogP contribution in [0.2, 0.25) is 0 Å². The van der Waals surface area contributed by atoms with Crippen molar-refractivity contribution in [2.24, 2.45) is 0 Å². The summed E-state index contributed by atoms with van der Waals surface area (Å²) in [6.45, 7) is 0.181. The zero-order valence-electron chi connectivity index (χ0n) is 12.6. The summed E-state index contributed by atoms with van der Waals surface area (Å²) in [5, 5.41) is 7.77. The van der Waals surface area contributed by atoms with Gasteiger partial charge in [-0.05, 0) is 30.3 Å². The molecule has 1 heterocycles. The average Bonchev–Trinajstić information content (AvgIpc) is 3.08. The summed E-state index contributed by atoms with van der Waals surface area (Å²) in [7, 11) is 1.54. The number of amides is 3. The lowest BCUT2D eigenvalue weighted by Crippen LogP contribution is -2.27. The molecule has 0 aliphatic carbocycles. The molecule has 7 heteroatoms. The van der Waals surface area contributed by atoms with Gasteiger partial charge in [0.25, 0.3) is 11.8 Å². The van der Waals surface area contributed by atoms with Crippen LogP contribution in [-0.4, -0.2) is 31.3 Å². The second-order valence-electron chi connectivity index (χ2n) is 4.69. The number of benzene rings is 1. The molecule has 23 heavy (non-hydrogen) atoms. The second-order valence-corrected chi connectivity index (χ2v) is 4.69. The van der Waals surface area contributed by atoms with Gasteiger partial charge in [0.15, 0.2) is 5.76 Å². The molecule has 0 spiro atoms. The Bertz CT molecular complexity index is 695. The predicted molar refractivity (Wildman–Crippen MR) is 84.1 cm³/mol. The fourth-order valence-corrected chi connectivity index (χ4v) is 1.89. The highest BCUT2D eigenvalue weighted by atomic mass is 16.3. The van der Waals surface area contributed by atoms with Gasteiger partial charge in [-0.1, -0.05) is 6.07 Å². The van der Waals surface area contributed by atoms with E-state index in [1.54, 1.807) is 36.4 Å². The van der Waals surface area contributed by atoms with Crippen LogP contribution >= 0.6 is 0 Å². The first-order chi connectivity index (χ1) is 11.1. The normalized spacial score (nSPS) is 9.96. The number of hydrogen-bond donors (Lipinski definition) is 3. The van der Waals surface area contributed by atoms with Crippen LogP contribution in [0.15, 0.2) is 47.1 Å². The summed E-state index contributed by atoms with van der Waals surface area (Å²) >= 11 is 0. The topological polar surface area (TPSA) is 100 Å². The van der Waals surface area contributed by atoms with E-state index in [-0.39, 0.29) is 36.4 Å². The first kappa shape index (κ1) is 16.3. The molecular weight excluding hydrogens is 298 g/mol. The van der Waals surface area contributed by atoms with Crippen molar-refractivity contribution in [2.75, 3.05) is 18.9 Å². The Balaban J connectivity index is 1.81. The molecule has 2 aromatic rings. The highest BCUT2D eigenvalue weighted by molar-refractivity contribution is 5.97. The van der Waals surface area contributed by atoms with E-state index in [9.17, 15) is 14.4 Å². The van der Waals surface area contributed by atoms with Crippen molar-refractivity contribution < 1.29 is 18.8 Å². The van der Waals surface area contributed by atoms with E-state index in [0.29, 0.717) is 11.3 Å². The van der Waals surface area contributed by atoms with E-state index in [1.165, 1.54) is 13.3 Å². The van der Waals surface area contributed by atoms with Crippen molar-refractivity contribution in [1.82, 2.24) is 10.6 Å². The van der Waals surface area contributed by atoms with E-state index >= 15 is 0 Å².